The number of likely N-dealkylation sites (tertiary alicyclic amines) is 1. The van der Waals surface area contributed by atoms with Gasteiger partial charge in [0, 0.05) is 16.6 Å². The molecular weight excluding hydrogens is 324 g/mol. The summed E-state index contributed by atoms with van der Waals surface area (Å²) in [5.74, 6) is -0.427. The van der Waals surface area contributed by atoms with E-state index in [1.54, 1.807) is 23.1 Å². The minimum atomic E-state index is -0.278. The summed E-state index contributed by atoms with van der Waals surface area (Å²) in [4.78, 5) is 25.6. The highest BCUT2D eigenvalue weighted by molar-refractivity contribution is 9.10. The lowest BCUT2D eigenvalue weighted by Gasteiger charge is -2.23. The number of carbonyl (C=O) groups is 2. The quantitative estimate of drug-likeness (QED) is 0.864. The predicted octanol–water partition coefficient (Wildman–Crippen LogP) is 1.16. The summed E-state index contributed by atoms with van der Waals surface area (Å²) < 4.78 is 0.816. The highest BCUT2D eigenvalue weighted by Crippen LogP contribution is 2.16. The maximum atomic E-state index is 12.0. The lowest BCUT2D eigenvalue weighted by Crippen LogP contribution is -2.43. The fraction of sp³-hybridized carbons (Fsp3) is 0.429. The Kier molecular flexibility index (Phi) is 5.14. The number of nitrogens with zero attached hydrogens (tertiary/aromatic N) is 1. The molecule has 1 saturated heterocycles. The Morgan fingerprint density at radius 3 is 2.95 bits per heavy atom. The zero-order valence-corrected chi connectivity index (χ0v) is 12.6. The molecule has 0 aliphatic carbocycles. The fourth-order valence-electron chi connectivity index (χ4n) is 2.34. The molecule has 0 spiro atoms. The first-order valence-electron chi connectivity index (χ1n) is 6.56. The molecule has 1 atom stereocenters. The standard InChI is InChI=1S/C14H17BrN2O3/c15-11-4-1-3-10(7-11)14(20)16-8-13(19)17-6-2-5-12(17)9-18/h1,3-4,7,12,18H,2,5-6,8-9H2,(H,16,20)/t12-/m1/s1. The first-order valence-corrected chi connectivity index (χ1v) is 7.35. The first-order chi connectivity index (χ1) is 9.61. The molecule has 0 unspecified atom stereocenters. The van der Waals surface area contributed by atoms with E-state index in [2.05, 4.69) is 21.2 Å². The van der Waals surface area contributed by atoms with Gasteiger partial charge in [-0.05, 0) is 31.0 Å². The van der Waals surface area contributed by atoms with Crippen molar-refractivity contribution in [3.8, 4) is 0 Å². The highest BCUT2D eigenvalue weighted by atomic mass is 79.9. The van der Waals surface area contributed by atoms with E-state index in [1.165, 1.54) is 0 Å². The molecule has 1 aromatic rings. The minimum absolute atomic E-state index is 0.0225. The van der Waals surface area contributed by atoms with Gasteiger partial charge in [-0.25, -0.2) is 0 Å². The van der Waals surface area contributed by atoms with Crippen molar-refractivity contribution in [2.45, 2.75) is 18.9 Å². The van der Waals surface area contributed by atoms with Crippen molar-refractivity contribution >= 4 is 27.7 Å². The molecule has 5 nitrogen and oxygen atoms in total. The van der Waals surface area contributed by atoms with Crippen LogP contribution in [0.25, 0.3) is 0 Å². The Hall–Kier alpha value is -1.40. The van der Waals surface area contributed by atoms with Crippen molar-refractivity contribution in [2.75, 3.05) is 19.7 Å². The molecule has 1 fully saturated rings. The second-order valence-electron chi connectivity index (χ2n) is 4.76. The van der Waals surface area contributed by atoms with Gasteiger partial charge in [-0.3, -0.25) is 9.59 Å². The molecule has 1 aromatic carbocycles. The highest BCUT2D eigenvalue weighted by Gasteiger charge is 2.27. The van der Waals surface area contributed by atoms with Crippen LogP contribution in [0.2, 0.25) is 0 Å². The molecule has 1 aliphatic heterocycles. The number of aliphatic hydroxyl groups is 1. The number of halogens is 1. The van der Waals surface area contributed by atoms with Gasteiger partial charge in [0.2, 0.25) is 5.91 Å². The third-order valence-electron chi connectivity index (χ3n) is 3.40. The Labute approximate surface area is 126 Å². The van der Waals surface area contributed by atoms with E-state index in [-0.39, 0.29) is 31.0 Å². The van der Waals surface area contributed by atoms with Gasteiger partial charge in [0.1, 0.15) is 0 Å². The first kappa shape index (κ1) is 15.0. The van der Waals surface area contributed by atoms with E-state index >= 15 is 0 Å². The summed E-state index contributed by atoms with van der Waals surface area (Å²) in [6, 6.07) is 6.88. The van der Waals surface area contributed by atoms with Crippen molar-refractivity contribution < 1.29 is 14.7 Å². The Balaban J connectivity index is 1.88. The van der Waals surface area contributed by atoms with Gasteiger partial charge in [0.15, 0.2) is 0 Å². The normalized spacial score (nSPS) is 18.1. The summed E-state index contributed by atoms with van der Waals surface area (Å²) in [6.45, 7) is 0.587. The molecule has 2 N–H and O–H groups in total. The van der Waals surface area contributed by atoms with Gasteiger partial charge in [0.05, 0.1) is 19.2 Å². The third kappa shape index (κ3) is 3.58. The van der Waals surface area contributed by atoms with Crippen LogP contribution in [0.4, 0.5) is 0 Å². The lowest BCUT2D eigenvalue weighted by molar-refractivity contribution is -0.131. The number of benzene rings is 1. The zero-order valence-electron chi connectivity index (χ0n) is 11.0. The van der Waals surface area contributed by atoms with Crippen LogP contribution in [0.5, 0.6) is 0 Å². The summed E-state index contributed by atoms with van der Waals surface area (Å²) in [7, 11) is 0. The topological polar surface area (TPSA) is 69.6 Å². The van der Waals surface area contributed by atoms with Crippen LogP contribution in [-0.4, -0.2) is 47.6 Å². The van der Waals surface area contributed by atoms with Crippen molar-refractivity contribution in [1.29, 1.82) is 0 Å². The number of aliphatic hydroxyl groups excluding tert-OH is 1. The van der Waals surface area contributed by atoms with Crippen LogP contribution in [0.3, 0.4) is 0 Å². The summed E-state index contributed by atoms with van der Waals surface area (Å²) >= 11 is 3.30. The number of hydrogen-bond donors (Lipinski definition) is 2. The maximum Gasteiger partial charge on any atom is 0.251 e. The van der Waals surface area contributed by atoms with Crippen LogP contribution in [0.1, 0.15) is 23.2 Å². The average molecular weight is 341 g/mol. The number of rotatable bonds is 4. The monoisotopic (exact) mass is 340 g/mol. The Morgan fingerprint density at radius 1 is 1.45 bits per heavy atom. The third-order valence-corrected chi connectivity index (χ3v) is 3.89. The Morgan fingerprint density at radius 2 is 2.25 bits per heavy atom. The zero-order chi connectivity index (χ0) is 14.5. The van der Waals surface area contributed by atoms with Crippen molar-refractivity contribution in [2.24, 2.45) is 0 Å². The SMILES string of the molecule is O=C(NCC(=O)N1CCC[C@@H]1CO)c1cccc(Br)c1. The Bertz CT molecular complexity index is 507. The summed E-state index contributed by atoms with van der Waals surface area (Å²) in [6.07, 6.45) is 1.72. The predicted molar refractivity (Wildman–Crippen MR) is 78.3 cm³/mol. The molecule has 1 aliphatic rings. The van der Waals surface area contributed by atoms with E-state index in [0.29, 0.717) is 12.1 Å². The van der Waals surface area contributed by atoms with Crippen molar-refractivity contribution in [1.82, 2.24) is 10.2 Å². The van der Waals surface area contributed by atoms with Gasteiger partial charge in [-0.1, -0.05) is 22.0 Å². The van der Waals surface area contributed by atoms with Crippen LogP contribution in [0, 0.1) is 0 Å². The van der Waals surface area contributed by atoms with E-state index in [1.807, 2.05) is 6.07 Å². The second kappa shape index (κ2) is 6.85. The summed E-state index contributed by atoms with van der Waals surface area (Å²) in [5.41, 5.74) is 0.507. The molecule has 0 saturated carbocycles. The molecule has 2 rings (SSSR count). The molecular formula is C14H17BrN2O3. The molecule has 20 heavy (non-hydrogen) atoms. The van der Waals surface area contributed by atoms with E-state index in [0.717, 1.165) is 17.3 Å². The molecule has 108 valence electrons. The van der Waals surface area contributed by atoms with Gasteiger partial charge >= 0.3 is 0 Å². The second-order valence-corrected chi connectivity index (χ2v) is 5.67. The van der Waals surface area contributed by atoms with Crippen LogP contribution in [-0.2, 0) is 4.79 Å². The molecule has 0 aromatic heterocycles. The summed E-state index contributed by atoms with van der Waals surface area (Å²) in [5, 5.41) is 11.8. The smallest absolute Gasteiger partial charge is 0.251 e. The maximum absolute atomic E-state index is 12.0. The number of carbonyl (C=O) groups excluding carboxylic acids is 2. The van der Waals surface area contributed by atoms with Crippen LogP contribution in [0.15, 0.2) is 28.7 Å². The van der Waals surface area contributed by atoms with Crippen LogP contribution < -0.4 is 5.32 Å². The molecule has 1 heterocycles. The fourth-order valence-corrected chi connectivity index (χ4v) is 2.74. The molecule has 2 amide bonds. The molecule has 0 bridgehead atoms. The minimum Gasteiger partial charge on any atom is -0.394 e. The van der Waals surface area contributed by atoms with E-state index in [4.69, 9.17) is 0 Å². The van der Waals surface area contributed by atoms with Gasteiger partial charge in [0.25, 0.3) is 5.91 Å². The molecule has 0 radical (unpaired) electrons. The van der Waals surface area contributed by atoms with E-state index in [9.17, 15) is 14.7 Å². The molecule has 6 heteroatoms. The van der Waals surface area contributed by atoms with Crippen molar-refractivity contribution in [3.63, 3.8) is 0 Å². The van der Waals surface area contributed by atoms with Gasteiger partial charge in [-0.15, -0.1) is 0 Å². The number of hydrogen-bond acceptors (Lipinski definition) is 3. The van der Waals surface area contributed by atoms with E-state index < -0.39 is 0 Å². The van der Waals surface area contributed by atoms with Gasteiger partial charge in [-0.2, -0.15) is 0 Å². The lowest BCUT2D eigenvalue weighted by atomic mass is 10.2. The largest absolute Gasteiger partial charge is 0.394 e. The van der Waals surface area contributed by atoms with Crippen molar-refractivity contribution in [3.05, 3.63) is 34.3 Å². The average Bonchev–Trinajstić information content (AvgIpc) is 2.92. The van der Waals surface area contributed by atoms with Gasteiger partial charge < -0.3 is 15.3 Å². The number of nitrogens with one attached hydrogen (secondary N) is 1. The van der Waals surface area contributed by atoms with Crippen LogP contribution >= 0.6 is 15.9 Å². The number of amides is 2.